The normalized spacial score (nSPS) is 20.7. The first-order valence-electron chi connectivity index (χ1n) is 8.90. The van der Waals surface area contributed by atoms with Crippen LogP contribution in [0.15, 0.2) is 10.9 Å². The highest BCUT2D eigenvalue weighted by Gasteiger charge is 2.41. The lowest BCUT2D eigenvalue weighted by Gasteiger charge is -2.37. The Labute approximate surface area is 143 Å². The molecule has 6 heteroatoms. The van der Waals surface area contributed by atoms with Crippen molar-refractivity contribution in [2.75, 3.05) is 33.2 Å². The standard InChI is InChI=1S/C18H28N4O2/c1-14-12-15(2)22(17(24)19-14)8-4-16(23)21-11-7-18(13-21)5-9-20(3)10-6-18/h12H,4-11,13H2,1-3H3. The first-order valence-corrected chi connectivity index (χ1v) is 8.90. The van der Waals surface area contributed by atoms with Crippen molar-refractivity contribution in [1.82, 2.24) is 19.4 Å². The predicted octanol–water partition coefficient (Wildman–Crippen LogP) is 1.19. The van der Waals surface area contributed by atoms with Crippen molar-refractivity contribution in [3.8, 4) is 0 Å². The molecule has 24 heavy (non-hydrogen) atoms. The topological polar surface area (TPSA) is 58.4 Å². The van der Waals surface area contributed by atoms with Crippen LogP contribution in [0, 0.1) is 19.3 Å². The molecule has 1 aromatic rings. The molecule has 0 unspecified atom stereocenters. The molecule has 0 radical (unpaired) electrons. The van der Waals surface area contributed by atoms with E-state index in [0.717, 1.165) is 44.0 Å². The minimum absolute atomic E-state index is 0.165. The first-order chi connectivity index (χ1) is 11.4. The summed E-state index contributed by atoms with van der Waals surface area (Å²) in [6, 6.07) is 1.88. The number of hydrogen-bond donors (Lipinski definition) is 0. The zero-order chi connectivity index (χ0) is 17.3. The van der Waals surface area contributed by atoms with E-state index in [4.69, 9.17) is 0 Å². The van der Waals surface area contributed by atoms with Gasteiger partial charge in [-0.05, 0) is 64.7 Å². The maximum Gasteiger partial charge on any atom is 0.347 e. The number of carbonyl (C=O) groups is 1. The van der Waals surface area contributed by atoms with Gasteiger partial charge in [-0.2, -0.15) is 4.98 Å². The maximum atomic E-state index is 12.6. The summed E-state index contributed by atoms with van der Waals surface area (Å²) in [6.07, 6.45) is 3.88. The van der Waals surface area contributed by atoms with Crippen LogP contribution in [0.2, 0.25) is 0 Å². The van der Waals surface area contributed by atoms with Crippen molar-refractivity contribution in [3.63, 3.8) is 0 Å². The van der Waals surface area contributed by atoms with E-state index in [1.165, 1.54) is 12.8 Å². The smallest absolute Gasteiger partial charge is 0.342 e. The predicted molar refractivity (Wildman–Crippen MR) is 92.9 cm³/mol. The average Bonchev–Trinajstić information content (AvgIpc) is 2.93. The molecule has 1 spiro atoms. The molecule has 0 saturated carbocycles. The van der Waals surface area contributed by atoms with Crippen LogP contribution in [0.4, 0.5) is 0 Å². The van der Waals surface area contributed by atoms with Crippen molar-refractivity contribution in [2.45, 2.75) is 46.1 Å². The quantitative estimate of drug-likeness (QED) is 0.834. The monoisotopic (exact) mass is 332 g/mol. The van der Waals surface area contributed by atoms with E-state index in [9.17, 15) is 9.59 Å². The van der Waals surface area contributed by atoms with Crippen molar-refractivity contribution in [1.29, 1.82) is 0 Å². The molecular formula is C18H28N4O2. The minimum Gasteiger partial charge on any atom is -0.342 e. The lowest BCUT2D eigenvalue weighted by atomic mass is 9.78. The summed E-state index contributed by atoms with van der Waals surface area (Å²) in [5.74, 6) is 0.165. The van der Waals surface area contributed by atoms with E-state index in [-0.39, 0.29) is 11.6 Å². The van der Waals surface area contributed by atoms with Gasteiger partial charge in [0, 0.05) is 37.4 Å². The molecule has 0 aliphatic carbocycles. The number of rotatable bonds is 3. The first kappa shape index (κ1) is 17.1. The largest absolute Gasteiger partial charge is 0.347 e. The van der Waals surface area contributed by atoms with Crippen LogP contribution in [0.1, 0.15) is 37.1 Å². The number of aryl methyl sites for hydroxylation is 2. The molecule has 3 rings (SSSR count). The van der Waals surface area contributed by atoms with Crippen LogP contribution in [0.3, 0.4) is 0 Å². The molecule has 2 aliphatic heterocycles. The molecule has 6 nitrogen and oxygen atoms in total. The van der Waals surface area contributed by atoms with E-state index < -0.39 is 0 Å². The van der Waals surface area contributed by atoms with E-state index >= 15 is 0 Å². The summed E-state index contributed by atoms with van der Waals surface area (Å²) >= 11 is 0. The van der Waals surface area contributed by atoms with E-state index in [1.54, 1.807) is 4.57 Å². The number of hydrogen-bond acceptors (Lipinski definition) is 4. The minimum atomic E-state index is -0.256. The van der Waals surface area contributed by atoms with Crippen LogP contribution < -0.4 is 5.69 Å². The molecule has 132 valence electrons. The zero-order valence-corrected chi connectivity index (χ0v) is 15.0. The number of carbonyl (C=O) groups excluding carboxylic acids is 1. The highest BCUT2D eigenvalue weighted by atomic mass is 16.2. The fourth-order valence-corrected chi connectivity index (χ4v) is 4.06. The van der Waals surface area contributed by atoms with Gasteiger partial charge in [0.1, 0.15) is 0 Å². The Kier molecular flexibility index (Phi) is 4.76. The van der Waals surface area contributed by atoms with Crippen molar-refractivity contribution in [2.24, 2.45) is 5.41 Å². The molecule has 0 N–H and O–H groups in total. The number of amides is 1. The van der Waals surface area contributed by atoms with Crippen LogP contribution in [-0.4, -0.2) is 58.5 Å². The zero-order valence-electron chi connectivity index (χ0n) is 15.0. The summed E-state index contributed by atoms with van der Waals surface area (Å²) in [4.78, 5) is 32.9. The van der Waals surface area contributed by atoms with Gasteiger partial charge in [0.25, 0.3) is 0 Å². The van der Waals surface area contributed by atoms with Gasteiger partial charge in [0.05, 0.1) is 0 Å². The Bertz CT molecular complexity index is 674. The van der Waals surface area contributed by atoms with Crippen LogP contribution in [-0.2, 0) is 11.3 Å². The third-order valence-corrected chi connectivity index (χ3v) is 5.73. The third-order valence-electron chi connectivity index (χ3n) is 5.73. The summed E-state index contributed by atoms with van der Waals surface area (Å²) in [6.45, 7) is 8.14. The highest BCUT2D eigenvalue weighted by Crippen LogP contribution is 2.40. The fraction of sp³-hybridized carbons (Fsp3) is 0.722. The summed E-state index contributed by atoms with van der Waals surface area (Å²) in [5, 5.41) is 0. The summed E-state index contributed by atoms with van der Waals surface area (Å²) < 4.78 is 1.60. The molecule has 2 saturated heterocycles. The van der Waals surface area contributed by atoms with Gasteiger partial charge in [-0.3, -0.25) is 9.36 Å². The van der Waals surface area contributed by atoms with Crippen LogP contribution >= 0.6 is 0 Å². The SMILES string of the molecule is Cc1cc(C)n(CCC(=O)N2CCC3(CCN(C)CC3)C2)c(=O)n1. The number of likely N-dealkylation sites (tertiary alicyclic amines) is 2. The third kappa shape index (κ3) is 3.53. The lowest BCUT2D eigenvalue weighted by molar-refractivity contribution is -0.131. The highest BCUT2D eigenvalue weighted by molar-refractivity contribution is 5.76. The van der Waals surface area contributed by atoms with Crippen LogP contribution in [0.25, 0.3) is 0 Å². The van der Waals surface area contributed by atoms with Gasteiger partial charge in [-0.25, -0.2) is 4.79 Å². The Balaban J connectivity index is 1.58. The number of aromatic nitrogens is 2. The van der Waals surface area contributed by atoms with Gasteiger partial charge in [0.2, 0.25) is 5.91 Å². The molecule has 1 aromatic heterocycles. The molecule has 2 fully saturated rings. The van der Waals surface area contributed by atoms with Crippen molar-refractivity contribution >= 4 is 5.91 Å². The lowest BCUT2D eigenvalue weighted by Crippen LogP contribution is -2.40. The molecule has 2 aliphatic rings. The average molecular weight is 332 g/mol. The number of piperidine rings is 1. The van der Waals surface area contributed by atoms with Gasteiger partial charge >= 0.3 is 5.69 Å². The second-order valence-corrected chi connectivity index (χ2v) is 7.59. The van der Waals surface area contributed by atoms with E-state index in [1.807, 2.05) is 24.8 Å². The Hall–Kier alpha value is -1.69. The summed E-state index contributed by atoms with van der Waals surface area (Å²) in [5.41, 5.74) is 1.67. The Morgan fingerprint density at radius 3 is 2.54 bits per heavy atom. The van der Waals surface area contributed by atoms with Crippen LogP contribution in [0.5, 0.6) is 0 Å². The van der Waals surface area contributed by atoms with Gasteiger partial charge in [-0.1, -0.05) is 0 Å². The molecule has 3 heterocycles. The second kappa shape index (κ2) is 6.67. The molecule has 0 bridgehead atoms. The maximum absolute atomic E-state index is 12.6. The Morgan fingerprint density at radius 2 is 1.88 bits per heavy atom. The molecule has 1 amide bonds. The summed E-state index contributed by atoms with van der Waals surface area (Å²) in [7, 11) is 2.17. The number of nitrogens with zero attached hydrogens (tertiary/aromatic N) is 4. The van der Waals surface area contributed by atoms with Crippen molar-refractivity contribution in [3.05, 3.63) is 27.9 Å². The van der Waals surface area contributed by atoms with Gasteiger partial charge in [0.15, 0.2) is 0 Å². The van der Waals surface area contributed by atoms with E-state index in [0.29, 0.717) is 18.4 Å². The van der Waals surface area contributed by atoms with Gasteiger partial charge in [-0.15, -0.1) is 0 Å². The van der Waals surface area contributed by atoms with Crippen molar-refractivity contribution < 1.29 is 4.79 Å². The molecular weight excluding hydrogens is 304 g/mol. The fourth-order valence-electron chi connectivity index (χ4n) is 4.06. The molecule has 0 atom stereocenters. The molecule has 0 aromatic carbocycles. The van der Waals surface area contributed by atoms with Gasteiger partial charge < -0.3 is 9.80 Å². The second-order valence-electron chi connectivity index (χ2n) is 7.59. The van der Waals surface area contributed by atoms with E-state index in [2.05, 4.69) is 16.9 Å². The Morgan fingerprint density at radius 1 is 1.21 bits per heavy atom.